The molecule has 29 heavy (non-hydrogen) atoms. The maximum atomic E-state index is 13.4. The molecule has 7 atom stereocenters. The molecule has 3 nitrogen and oxygen atoms in total. The molecule has 0 saturated heterocycles. The summed E-state index contributed by atoms with van der Waals surface area (Å²) in [5.74, 6) is 3.27. The molecule has 0 radical (unpaired) electrons. The van der Waals surface area contributed by atoms with E-state index in [0.717, 1.165) is 24.7 Å². The monoisotopic (exact) mass is 404 g/mol. The van der Waals surface area contributed by atoms with Crippen LogP contribution < -0.4 is 0 Å². The first kappa shape index (κ1) is 21.7. The van der Waals surface area contributed by atoms with E-state index in [2.05, 4.69) is 0 Å². The first-order valence-electron chi connectivity index (χ1n) is 12.8. The molecule has 0 spiro atoms. The molecule has 166 valence electrons. The molecule has 3 heteroatoms. The van der Waals surface area contributed by atoms with Crippen LogP contribution in [0.2, 0.25) is 0 Å². The van der Waals surface area contributed by atoms with Crippen molar-refractivity contribution in [3.8, 4) is 0 Å². The summed E-state index contributed by atoms with van der Waals surface area (Å²) in [5.41, 5.74) is -0.445. The van der Waals surface area contributed by atoms with Crippen LogP contribution in [-0.2, 0) is 14.3 Å². The highest BCUT2D eigenvalue weighted by Crippen LogP contribution is 2.48. The molecule has 0 bridgehead atoms. The number of carbonyl (C=O) groups is 1. The summed E-state index contributed by atoms with van der Waals surface area (Å²) < 4.78 is 12.8. The molecule has 4 rings (SSSR count). The Kier molecular flexibility index (Phi) is 6.93. The molecule has 4 aliphatic carbocycles. The van der Waals surface area contributed by atoms with Gasteiger partial charge in [0.15, 0.2) is 6.10 Å². The van der Waals surface area contributed by atoms with Gasteiger partial charge in [0.2, 0.25) is 0 Å². The lowest BCUT2D eigenvalue weighted by molar-refractivity contribution is -0.189. The van der Waals surface area contributed by atoms with Crippen LogP contribution >= 0.6 is 0 Å². The molecular formula is C26H44O3. The zero-order valence-corrected chi connectivity index (χ0v) is 19.2. The van der Waals surface area contributed by atoms with Gasteiger partial charge in [-0.25, -0.2) is 4.79 Å². The van der Waals surface area contributed by atoms with Gasteiger partial charge in [-0.15, -0.1) is 0 Å². The Morgan fingerprint density at radius 3 is 1.97 bits per heavy atom. The zero-order valence-electron chi connectivity index (χ0n) is 19.2. The van der Waals surface area contributed by atoms with Crippen molar-refractivity contribution < 1.29 is 14.3 Å². The van der Waals surface area contributed by atoms with Crippen molar-refractivity contribution in [1.82, 2.24) is 0 Å². The second kappa shape index (κ2) is 9.28. The van der Waals surface area contributed by atoms with Gasteiger partial charge in [-0.1, -0.05) is 57.8 Å². The summed E-state index contributed by atoms with van der Waals surface area (Å²) in [5, 5.41) is 0. The minimum atomic E-state index is -0.445. The van der Waals surface area contributed by atoms with Crippen LogP contribution in [-0.4, -0.2) is 23.8 Å². The van der Waals surface area contributed by atoms with E-state index in [1.807, 2.05) is 20.8 Å². The van der Waals surface area contributed by atoms with Crippen molar-refractivity contribution >= 4 is 5.97 Å². The van der Waals surface area contributed by atoms with Crippen LogP contribution in [0.25, 0.3) is 0 Å². The Hall–Kier alpha value is -0.570. The Bertz CT molecular complexity index is 547. The molecule has 0 aliphatic heterocycles. The Morgan fingerprint density at radius 2 is 1.28 bits per heavy atom. The van der Waals surface area contributed by atoms with Gasteiger partial charge < -0.3 is 9.47 Å². The summed E-state index contributed by atoms with van der Waals surface area (Å²) in [6.07, 6.45) is 18.2. The molecule has 0 aromatic heterocycles. The predicted molar refractivity (Wildman–Crippen MR) is 117 cm³/mol. The molecular weight excluding hydrogens is 360 g/mol. The number of fused-ring (bicyclic) bond motifs is 2. The van der Waals surface area contributed by atoms with Crippen LogP contribution in [0.1, 0.15) is 111 Å². The van der Waals surface area contributed by atoms with Gasteiger partial charge in [0, 0.05) is 0 Å². The summed E-state index contributed by atoms with van der Waals surface area (Å²) in [6, 6.07) is 0. The van der Waals surface area contributed by atoms with Crippen LogP contribution in [0.15, 0.2) is 0 Å². The van der Waals surface area contributed by atoms with Crippen LogP contribution in [0.4, 0.5) is 0 Å². The van der Waals surface area contributed by atoms with E-state index in [9.17, 15) is 4.79 Å². The lowest BCUT2D eigenvalue weighted by Crippen LogP contribution is -2.49. The molecule has 0 aromatic rings. The maximum Gasteiger partial charge on any atom is 0.336 e. The lowest BCUT2D eigenvalue weighted by Gasteiger charge is -2.47. The zero-order chi connectivity index (χ0) is 20.4. The van der Waals surface area contributed by atoms with Crippen LogP contribution in [0.3, 0.4) is 0 Å². The normalized spacial score (nSPS) is 39.1. The quantitative estimate of drug-likeness (QED) is 0.490. The third kappa shape index (κ3) is 5.20. The largest absolute Gasteiger partial charge is 0.458 e. The maximum absolute atomic E-state index is 13.4. The van der Waals surface area contributed by atoms with E-state index >= 15 is 0 Å². The molecule has 0 amide bonds. The Labute approximate surface area is 178 Å². The summed E-state index contributed by atoms with van der Waals surface area (Å²) in [4.78, 5) is 13.4. The SMILES string of the molecule is CC(C)(C)OC(=O)C(OC1CCCC2CCCCC21)C1CCCC2CCCCC21. The molecule has 0 aromatic carbocycles. The average molecular weight is 405 g/mol. The Balaban J connectivity index is 1.53. The number of esters is 1. The molecule has 0 heterocycles. The number of ether oxygens (including phenoxy) is 2. The van der Waals surface area contributed by atoms with Gasteiger partial charge in [0.25, 0.3) is 0 Å². The fourth-order valence-electron chi connectivity index (χ4n) is 7.29. The van der Waals surface area contributed by atoms with Gasteiger partial charge in [0.1, 0.15) is 5.60 Å². The highest BCUT2D eigenvalue weighted by molar-refractivity contribution is 5.75. The summed E-state index contributed by atoms with van der Waals surface area (Å²) in [7, 11) is 0. The van der Waals surface area contributed by atoms with Gasteiger partial charge in [0.05, 0.1) is 6.10 Å². The van der Waals surface area contributed by atoms with Crippen molar-refractivity contribution in [2.24, 2.45) is 29.6 Å². The van der Waals surface area contributed by atoms with Crippen molar-refractivity contribution in [2.45, 2.75) is 128 Å². The van der Waals surface area contributed by atoms with E-state index in [0.29, 0.717) is 17.8 Å². The number of carbonyl (C=O) groups excluding carboxylic acids is 1. The fraction of sp³-hybridized carbons (Fsp3) is 0.962. The van der Waals surface area contributed by atoms with Gasteiger partial charge >= 0.3 is 5.97 Å². The second-order valence-electron chi connectivity index (χ2n) is 11.6. The first-order chi connectivity index (χ1) is 13.9. The molecule has 4 aliphatic rings. The van der Waals surface area contributed by atoms with Gasteiger partial charge in [-0.05, 0) is 82.5 Å². The highest BCUT2D eigenvalue weighted by atomic mass is 16.6. The summed E-state index contributed by atoms with van der Waals surface area (Å²) >= 11 is 0. The topological polar surface area (TPSA) is 35.5 Å². The Morgan fingerprint density at radius 1 is 0.724 bits per heavy atom. The van der Waals surface area contributed by atoms with Crippen molar-refractivity contribution in [3.05, 3.63) is 0 Å². The first-order valence-corrected chi connectivity index (χ1v) is 12.8. The molecule has 0 N–H and O–H groups in total. The third-order valence-electron chi connectivity index (χ3n) is 8.49. The number of hydrogen-bond donors (Lipinski definition) is 0. The predicted octanol–water partition coefficient (Wildman–Crippen LogP) is 6.68. The van der Waals surface area contributed by atoms with Crippen molar-refractivity contribution in [3.63, 3.8) is 0 Å². The van der Waals surface area contributed by atoms with Crippen LogP contribution in [0.5, 0.6) is 0 Å². The highest BCUT2D eigenvalue weighted by Gasteiger charge is 2.46. The fourth-order valence-corrected chi connectivity index (χ4v) is 7.29. The smallest absolute Gasteiger partial charge is 0.336 e. The molecule has 7 unspecified atom stereocenters. The standard InChI is InChI=1S/C26H44O3/c1-26(2,3)29-25(27)24(22-16-8-12-18-10-4-6-14-20(18)22)28-23-17-9-13-19-11-5-7-15-21(19)23/h18-24H,4-17H2,1-3H3. The van der Waals surface area contributed by atoms with Crippen molar-refractivity contribution in [1.29, 1.82) is 0 Å². The molecule has 4 saturated carbocycles. The minimum absolute atomic E-state index is 0.0772. The van der Waals surface area contributed by atoms with Gasteiger partial charge in [-0.2, -0.15) is 0 Å². The molecule has 4 fully saturated rings. The summed E-state index contributed by atoms with van der Waals surface area (Å²) in [6.45, 7) is 5.97. The second-order valence-corrected chi connectivity index (χ2v) is 11.6. The number of rotatable bonds is 4. The van der Waals surface area contributed by atoms with E-state index in [1.165, 1.54) is 77.0 Å². The average Bonchev–Trinajstić information content (AvgIpc) is 2.70. The van der Waals surface area contributed by atoms with E-state index in [-0.39, 0.29) is 18.2 Å². The van der Waals surface area contributed by atoms with E-state index in [4.69, 9.17) is 9.47 Å². The third-order valence-corrected chi connectivity index (χ3v) is 8.49. The van der Waals surface area contributed by atoms with E-state index in [1.54, 1.807) is 0 Å². The van der Waals surface area contributed by atoms with E-state index < -0.39 is 5.60 Å². The van der Waals surface area contributed by atoms with Crippen molar-refractivity contribution in [2.75, 3.05) is 0 Å². The minimum Gasteiger partial charge on any atom is -0.458 e. The number of hydrogen-bond acceptors (Lipinski definition) is 3. The van der Waals surface area contributed by atoms with Gasteiger partial charge in [-0.3, -0.25) is 0 Å². The van der Waals surface area contributed by atoms with Crippen LogP contribution in [0, 0.1) is 29.6 Å². The lowest BCUT2D eigenvalue weighted by atomic mass is 9.63.